The van der Waals surface area contributed by atoms with Gasteiger partial charge in [0.2, 0.25) is 5.75 Å². The summed E-state index contributed by atoms with van der Waals surface area (Å²) < 4.78 is 5.22. The molecule has 0 spiro atoms. The quantitative estimate of drug-likeness (QED) is 0.280. The van der Waals surface area contributed by atoms with Gasteiger partial charge in [-0.25, -0.2) is 15.0 Å². The second kappa shape index (κ2) is 13.7. The number of hydrogen-bond donors (Lipinski definition) is 2. The zero-order valence-electron chi connectivity index (χ0n) is 21.5. The van der Waals surface area contributed by atoms with Gasteiger partial charge in [0.15, 0.2) is 11.6 Å². The number of nitrogens with zero attached hydrogens (tertiary/aromatic N) is 4. The molecule has 192 valence electrons. The Bertz CT molecular complexity index is 1280. The van der Waals surface area contributed by atoms with Crippen molar-refractivity contribution >= 4 is 5.91 Å². The van der Waals surface area contributed by atoms with Crippen molar-refractivity contribution in [3.8, 4) is 34.4 Å². The molecule has 4 aromatic rings. The fraction of sp³-hybridized carbons (Fsp3) is 0.276. The van der Waals surface area contributed by atoms with E-state index in [9.17, 15) is 9.90 Å². The smallest absolute Gasteiger partial charge is 0.267 e. The molecule has 3 N–H and O–H groups in total. The van der Waals surface area contributed by atoms with E-state index in [2.05, 4.69) is 33.8 Å². The Morgan fingerprint density at radius 1 is 0.919 bits per heavy atom. The van der Waals surface area contributed by atoms with Crippen molar-refractivity contribution in [2.75, 3.05) is 7.11 Å². The summed E-state index contributed by atoms with van der Waals surface area (Å²) >= 11 is 0. The fourth-order valence-electron chi connectivity index (χ4n) is 3.71. The maximum atomic E-state index is 10.9. The largest absolute Gasteiger partial charge is 0.502 e. The minimum Gasteiger partial charge on any atom is -0.502 e. The topological polar surface area (TPSA) is 124 Å². The van der Waals surface area contributed by atoms with Crippen molar-refractivity contribution < 1.29 is 14.6 Å². The van der Waals surface area contributed by atoms with E-state index in [-0.39, 0.29) is 23.2 Å². The van der Waals surface area contributed by atoms with Gasteiger partial charge in [-0.15, -0.1) is 0 Å². The van der Waals surface area contributed by atoms with Gasteiger partial charge in [-0.05, 0) is 12.5 Å². The zero-order chi connectivity index (χ0) is 26.6. The molecular weight excluding hydrogens is 466 g/mol. The molecule has 1 atom stereocenters. The molecule has 0 saturated heterocycles. The third-order valence-electron chi connectivity index (χ3n) is 5.75. The number of unbranched alkanes of at least 4 members (excludes halogenated alkanes) is 2. The molecule has 8 nitrogen and oxygen atoms in total. The van der Waals surface area contributed by atoms with Crippen molar-refractivity contribution in [3.05, 3.63) is 84.3 Å². The number of aromatic hydroxyl groups is 1. The summed E-state index contributed by atoms with van der Waals surface area (Å²) in [6.45, 7) is 4.27. The number of primary amides is 1. The fourth-order valence-corrected chi connectivity index (χ4v) is 3.71. The van der Waals surface area contributed by atoms with Crippen molar-refractivity contribution in [2.45, 2.75) is 45.4 Å². The molecule has 0 aliphatic carbocycles. The van der Waals surface area contributed by atoms with Crippen LogP contribution in [0, 0.1) is 0 Å². The van der Waals surface area contributed by atoms with Crippen molar-refractivity contribution in [3.63, 3.8) is 0 Å². The van der Waals surface area contributed by atoms with Gasteiger partial charge in [0.25, 0.3) is 11.8 Å². The third kappa shape index (κ3) is 7.57. The van der Waals surface area contributed by atoms with Crippen LogP contribution in [-0.4, -0.2) is 38.1 Å². The predicted molar refractivity (Wildman–Crippen MR) is 144 cm³/mol. The number of rotatable bonds is 9. The number of carbonyl (C=O) groups is 1. The highest BCUT2D eigenvalue weighted by molar-refractivity contribution is 5.91. The summed E-state index contributed by atoms with van der Waals surface area (Å²) in [6, 6.07) is 20.7. The minimum absolute atomic E-state index is 0.0613. The number of nitrogens with two attached hydrogens (primary N) is 1. The average Bonchev–Trinajstić information content (AvgIpc) is 2.94. The van der Waals surface area contributed by atoms with Crippen molar-refractivity contribution in [1.29, 1.82) is 0 Å². The van der Waals surface area contributed by atoms with E-state index in [1.54, 1.807) is 0 Å². The molecule has 1 unspecified atom stereocenters. The number of aromatic nitrogens is 4. The summed E-state index contributed by atoms with van der Waals surface area (Å²) in [5, 5.41) is 10.3. The second-order valence-electron chi connectivity index (χ2n) is 8.55. The van der Waals surface area contributed by atoms with Crippen LogP contribution in [0.2, 0.25) is 0 Å². The summed E-state index contributed by atoms with van der Waals surface area (Å²) in [7, 11) is 1.52. The van der Waals surface area contributed by atoms with Gasteiger partial charge in [-0.3, -0.25) is 4.79 Å². The van der Waals surface area contributed by atoms with Crippen LogP contribution < -0.4 is 10.5 Å². The van der Waals surface area contributed by atoms with Crippen LogP contribution >= 0.6 is 0 Å². The van der Waals surface area contributed by atoms with Crippen LogP contribution in [0.4, 0.5) is 0 Å². The molecule has 8 heteroatoms. The number of hydrogen-bond acceptors (Lipinski definition) is 7. The molecule has 0 radical (unpaired) electrons. The van der Waals surface area contributed by atoms with Gasteiger partial charge < -0.3 is 15.6 Å². The number of amides is 1. The average molecular weight is 500 g/mol. The Balaban J connectivity index is 0.000000220. The van der Waals surface area contributed by atoms with Crippen molar-refractivity contribution in [1.82, 2.24) is 19.9 Å². The van der Waals surface area contributed by atoms with E-state index in [4.69, 9.17) is 10.5 Å². The first kappa shape index (κ1) is 27.3. The number of methoxy groups -OCH3 is 1. The lowest BCUT2D eigenvalue weighted by atomic mass is 9.98. The highest BCUT2D eigenvalue weighted by atomic mass is 16.5. The summed E-state index contributed by atoms with van der Waals surface area (Å²) in [5.74, 6) is 1.03. The van der Waals surface area contributed by atoms with Crippen LogP contribution in [-0.2, 0) is 0 Å². The Hall–Kier alpha value is -4.33. The molecule has 0 fully saturated rings. The Kier molecular flexibility index (Phi) is 10.1. The van der Waals surface area contributed by atoms with E-state index >= 15 is 0 Å². The molecule has 2 aromatic heterocycles. The first-order valence-electron chi connectivity index (χ1n) is 12.3. The molecule has 4 rings (SSSR count). The van der Waals surface area contributed by atoms with Gasteiger partial charge >= 0.3 is 0 Å². The first-order valence-corrected chi connectivity index (χ1v) is 12.3. The van der Waals surface area contributed by atoms with Crippen LogP contribution in [0.15, 0.2) is 72.9 Å². The molecule has 0 aliphatic heterocycles. The lowest BCUT2D eigenvalue weighted by Gasteiger charge is -2.15. The maximum absolute atomic E-state index is 10.9. The number of benzene rings is 2. The molecule has 2 heterocycles. The standard InChI is InChI=1S/C18H24N2O2.C11H9N3O/c1-4-5-7-10-13(2)15-16(21)18(22-3)20-17(19-15)14-11-8-6-9-12-14;12-10(15)9-6-7-13-11(14-9)8-4-2-1-3-5-8/h6,8-9,11-13,21H,4-5,7,10H2,1-3H3;1-7H,(H2,12,15). The SMILES string of the molecule is CCCCCC(C)c1nc(-c2ccccc2)nc(OC)c1O.NC(=O)c1ccnc(-c2ccccc2)n1. The molecular formula is C29H33N5O3. The Labute approximate surface area is 217 Å². The summed E-state index contributed by atoms with van der Waals surface area (Å²) in [4.78, 5) is 28.0. The lowest BCUT2D eigenvalue weighted by molar-refractivity contribution is 0.0995. The van der Waals surface area contributed by atoms with E-state index < -0.39 is 5.91 Å². The van der Waals surface area contributed by atoms with Gasteiger partial charge in [0.1, 0.15) is 5.69 Å². The lowest BCUT2D eigenvalue weighted by Crippen LogP contribution is -2.13. The van der Waals surface area contributed by atoms with Crippen LogP contribution in [0.1, 0.15) is 61.6 Å². The van der Waals surface area contributed by atoms with Gasteiger partial charge in [-0.1, -0.05) is 93.8 Å². The first-order chi connectivity index (χ1) is 17.9. The predicted octanol–water partition coefficient (Wildman–Crippen LogP) is 5.78. The van der Waals surface area contributed by atoms with Gasteiger partial charge in [0.05, 0.1) is 12.8 Å². The van der Waals surface area contributed by atoms with E-state index in [1.165, 1.54) is 32.2 Å². The van der Waals surface area contributed by atoms with Crippen LogP contribution in [0.3, 0.4) is 0 Å². The minimum atomic E-state index is -0.547. The number of ether oxygens (including phenoxy) is 1. The normalized spacial score (nSPS) is 11.2. The summed E-state index contributed by atoms with van der Waals surface area (Å²) in [5.41, 5.74) is 7.81. The molecule has 1 amide bonds. The van der Waals surface area contributed by atoms with Crippen LogP contribution in [0.25, 0.3) is 22.8 Å². The Morgan fingerprint density at radius 2 is 1.54 bits per heavy atom. The van der Waals surface area contributed by atoms with Crippen molar-refractivity contribution in [2.24, 2.45) is 5.73 Å². The monoisotopic (exact) mass is 499 g/mol. The molecule has 0 bridgehead atoms. The zero-order valence-corrected chi connectivity index (χ0v) is 21.5. The molecule has 2 aromatic carbocycles. The van der Waals surface area contributed by atoms with E-state index in [0.29, 0.717) is 17.3 Å². The molecule has 37 heavy (non-hydrogen) atoms. The summed E-state index contributed by atoms with van der Waals surface area (Å²) in [6.07, 6.45) is 6.02. The Morgan fingerprint density at radius 3 is 2.11 bits per heavy atom. The maximum Gasteiger partial charge on any atom is 0.267 e. The highest BCUT2D eigenvalue weighted by Gasteiger charge is 2.19. The highest BCUT2D eigenvalue weighted by Crippen LogP contribution is 2.35. The number of carbonyl (C=O) groups excluding carboxylic acids is 1. The molecule has 0 aliphatic rings. The van der Waals surface area contributed by atoms with Gasteiger partial charge in [0, 0.05) is 23.2 Å². The van der Waals surface area contributed by atoms with E-state index in [1.807, 2.05) is 60.7 Å². The second-order valence-corrected chi connectivity index (χ2v) is 8.55. The van der Waals surface area contributed by atoms with Gasteiger partial charge in [-0.2, -0.15) is 4.98 Å². The van der Waals surface area contributed by atoms with E-state index in [0.717, 1.165) is 24.0 Å². The third-order valence-corrected chi connectivity index (χ3v) is 5.75. The van der Waals surface area contributed by atoms with Crippen LogP contribution in [0.5, 0.6) is 11.6 Å². The molecule has 0 saturated carbocycles.